The van der Waals surface area contributed by atoms with Crippen LogP contribution in [0.3, 0.4) is 0 Å². The topological polar surface area (TPSA) is 67.0 Å². The third-order valence-corrected chi connectivity index (χ3v) is 4.95. The second kappa shape index (κ2) is 7.48. The van der Waals surface area contributed by atoms with E-state index in [1.165, 1.54) is 5.56 Å². The summed E-state index contributed by atoms with van der Waals surface area (Å²) in [5, 5.41) is 2.90. The molecular formula is C22H18BrN3O2. The van der Waals surface area contributed by atoms with Gasteiger partial charge in [-0.05, 0) is 67.1 Å². The normalized spacial score (nSPS) is 10.8. The SMILES string of the molecule is COc1ccc(Br)cc1C(=O)Nc1ccc(-c2nc3ccc(C)cc3[nH]2)cc1. The number of nitrogens with one attached hydrogen (secondary N) is 2. The molecule has 0 spiro atoms. The number of nitrogens with zero attached hydrogens (tertiary/aromatic N) is 1. The molecular weight excluding hydrogens is 418 g/mol. The monoisotopic (exact) mass is 435 g/mol. The van der Waals surface area contributed by atoms with Crippen LogP contribution >= 0.6 is 15.9 Å². The lowest BCUT2D eigenvalue weighted by molar-refractivity contribution is 0.102. The number of ether oxygens (including phenoxy) is 1. The van der Waals surface area contributed by atoms with E-state index in [0.717, 1.165) is 26.9 Å². The van der Waals surface area contributed by atoms with Crippen LogP contribution < -0.4 is 10.1 Å². The van der Waals surface area contributed by atoms with Gasteiger partial charge >= 0.3 is 0 Å². The van der Waals surface area contributed by atoms with Crippen LogP contribution in [0.1, 0.15) is 15.9 Å². The predicted octanol–water partition coefficient (Wildman–Crippen LogP) is 5.56. The Kier molecular flexibility index (Phi) is 4.88. The zero-order chi connectivity index (χ0) is 19.7. The van der Waals surface area contributed by atoms with E-state index in [-0.39, 0.29) is 5.91 Å². The van der Waals surface area contributed by atoms with Gasteiger partial charge < -0.3 is 15.0 Å². The summed E-state index contributed by atoms with van der Waals surface area (Å²) in [6.07, 6.45) is 0. The Bertz CT molecular complexity index is 1170. The number of aromatic amines is 1. The molecule has 4 rings (SSSR count). The molecule has 0 atom stereocenters. The summed E-state index contributed by atoms with van der Waals surface area (Å²) in [4.78, 5) is 20.6. The van der Waals surface area contributed by atoms with E-state index in [4.69, 9.17) is 4.74 Å². The fourth-order valence-electron chi connectivity index (χ4n) is 3.03. The molecule has 6 heteroatoms. The molecule has 0 bridgehead atoms. The molecule has 140 valence electrons. The third kappa shape index (κ3) is 3.64. The van der Waals surface area contributed by atoms with Gasteiger partial charge in [0.1, 0.15) is 11.6 Å². The number of aryl methyl sites for hydroxylation is 1. The molecule has 3 aromatic carbocycles. The molecule has 1 aromatic heterocycles. The van der Waals surface area contributed by atoms with E-state index in [2.05, 4.69) is 44.2 Å². The molecule has 2 N–H and O–H groups in total. The third-order valence-electron chi connectivity index (χ3n) is 4.46. The van der Waals surface area contributed by atoms with Crippen molar-refractivity contribution < 1.29 is 9.53 Å². The maximum atomic E-state index is 12.6. The number of imidazole rings is 1. The number of rotatable bonds is 4. The fraction of sp³-hybridized carbons (Fsp3) is 0.0909. The summed E-state index contributed by atoms with van der Waals surface area (Å²) < 4.78 is 6.09. The van der Waals surface area contributed by atoms with E-state index < -0.39 is 0 Å². The summed E-state index contributed by atoms with van der Waals surface area (Å²) in [5.41, 5.74) is 5.24. The molecule has 4 aromatic rings. The maximum Gasteiger partial charge on any atom is 0.259 e. The van der Waals surface area contributed by atoms with Crippen LogP contribution in [0.4, 0.5) is 5.69 Å². The molecule has 28 heavy (non-hydrogen) atoms. The number of hydrogen-bond acceptors (Lipinski definition) is 3. The summed E-state index contributed by atoms with van der Waals surface area (Å²) in [5.74, 6) is 1.09. The number of benzene rings is 3. The quantitative estimate of drug-likeness (QED) is 0.440. The minimum atomic E-state index is -0.231. The Morgan fingerprint density at radius 3 is 2.61 bits per heavy atom. The van der Waals surface area contributed by atoms with Crippen LogP contribution in [-0.2, 0) is 0 Å². The van der Waals surface area contributed by atoms with Gasteiger partial charge in [-0.15, -0.1) is 0 Å². The summed E-state index contributed by atoms with van der Waals surface area (Å²) in [6.45, 7) is 2.05. The molecule has 0 fully saturated rings. The minimum Gasteiger partial charge on any atom is -0.496 e. The number of aromatic nitrogens is 2. The average Bonchev–Trinajstić information content (AvgIpc) is 3.11. The van der Waals surface area contributed by atoms with Crippen molar-refractivity contribution in [2.75, 3.05) is 12.4 Å². The van der Waals surface area contributed by atoms with Crippen LogP contribution in [0.15, 0.2) is 65.1 Å². The molecule has 0 aliphatic rings. The molecule has 0 aliphatic heterocycles. The van der Waals surface area contributed by atoms with E-state index in [0.29, 0.717) is 17.0 Å². The highest BCUT2D eigenvalue weighted by Crippen LogP contribution is 2.26. The van der Waals surface area contributed by atoms with Gasteiger partial charge in [0, 0.05) is 15.7 Å². The summed E-state index contributed by atoms with van der Waals surface area (Å²) in [6, 6.07) is 19.0. The molecule has 0 radical (unpaired) electrons. The van der Waals surface area contributed by atoms with E-state index in [1.54, 1.807) is 19.2 Å². The first-order valence-corrected chi connectivity index (χ1v) is 9.54. The van der Waals surface area contributed by atoms with Gasteiger partial charge in [0.05, 0.1) is 23.7 Å². The first-order valence-electron chi connectivity index (χ1n) is 8.75. The molecule has 0 saturated heterocycles. The van der Waals surface area contributed by atoms with Gasteiger partial charge in [-0.3, -0.25) is 4.79 Å². The number of H-pyrrole nitrogens is 1. The highest BCUT2D eigenvalue weighted by Gasteiger charge is 2.13. The Balaban J connectivity index is 1.56. The van der Waals surface area contributed by atoms with Crippen molar-refractivity contribution in [3.8, 4) is 17.1 Å². The van der Waals surface area contributed by atoms with Gasteiger partial charge in [0.15, 0.2) is 0 Å². The summed E-state index contributed by atoms with van der Waals surface area (Å²) in [7, 11) is 1.55. The molecule has 1 heterocycles. The van der Waals surface area contributed by atoms with E-state index >= 15 is 0 Å². The van der Waals surface area contributed by atoms with Crippen molar-refractivity contribution in [3.63, 3.8) is 0 Å². The first kappa shape index (κ1) is 18.3. The van der Waals surface area contributed by atoms with Crippen molar-refractivity contribution in [3.05, 3.63) is 76.3 Å². The molecule has 5 nitrogen and oxygen atoms in total. The Labute approximate surface area is 170 Å². The van der Waals surface area contributed by atoms with Gasteiger partial charge in [-0.25, -0.2) is 4.98 Å². The lowest BCUT2D eigenvalue weighted by atomic mass is 10.1. The Hall–Kier alpha value is -3.12. The highest BCUT2D eigenvalue weighted by atomic mass is 79.9. The largest absolute Gasteiger partial charge is 0.496 e. The number of methoxy groups -OCH3 is 1. The Morgan fingerprint density at radius 2 is 1.86 bits per heavy atom. The van der Waals surface area contributed by atoms with Crippen molar-refractivity contribution >= 4 is 38.6 Å². The number of fused-ring (bicyclic) bond motifs is 1. The van der Waals surface area contributed by atoms with Crippen LogP contribution in [0.5, 0.6) is 5.75 Å². The van der Waals surface area contributed by atoms with Gasteiger partial charge in [0.25, 0.3) is 5.91 Å². The van der Waals surface area contributed by atoms with Crippen molar-refractivity contribution in [2.24, 2.45) is 0 Å². The van der Waals surface area contributed by atoms with E-state index in [9.17, 15) is 4.79 Å². The van der Waals surface area contributed by atoms with Crippen LogP contribution in [0.25, 0.3) is 22.4 Å². The predicted molar refractivity (Wildman–Crippen MR) is 115 cm³/mol. The second-order valence-corrected chi connectivity index (χ2v) is 7.40. The average molecular weight is 436 g/mol. The molecule has 1 amide bonds. The number of carbonyl (C=O) groups excluding carboxylic acids is 1. The van der Waals surface area contributed by atoms with Gasteiger partial charge in [0.2, 0.25) is 0 Å². The molecule has 0 saturated carbocycles. The number of anilines is 1. The fourth-order valence-corrected chi connectivity index (χ4v) is 3.39. The van der Waals surface area contributed by atoms with Crippen molar-refractivity contribution in [2.45, 2.75) is 6.92 Å². The number of amides is 1. The molecule has 0 unspecified atom stereocenters. The lowest BCUT2D eigenvalue weighted by Gasteiger charge is -2.10. The van der Waals surface area contributed by atoms with Crippen LogP contribution in [0.2, 0.25) is 0 Å². The van der Waals surface area contributed by atoms with Crippen LogP contribution in [-0.4, -0.2) is 23.0 Å². The highest BCUT2D eigenvalue weighted by molar-refractivity contribution is 9.10. The standard InChI is InChI=1S/C22H18BrN3O2/c1-13-3-9-18-19(11-13)26-21(25-18)14-4-7-16(8-5-14)24-22(27)17-12-15(23)6-10-20(17)28-2/h3-12H,1-2H3,(H,24,27)(H,25,26). The Morgan fingerprint density at radius 1 is 1.07 bits per heavy atom. The van der Waals surface area contributed by atoms with Crippen molar-refractivity contribution in [1.29, 1.82) is 0 Å². The lowest BCUT2D eigenvalue weighted by Crippen LogP contribution is -2.13. The van der Waals surface area contributed by atoms with Gasteiger partial charge in [-0.1, -0.05) is 22.0 Å². The van der Waals surface area contributed by atoms with Crippen LogP contribution in [0, 0.1) is 6.92 Å². The maximum absolute atomic E-state index is 12.6. The zero-order valence-corrected chi connectivity index (χ0v) is 17.0. The van der Waals surface area contributed by atoms with Gasteiger partial charge in [-0.2, -0.15) is 0 Å². The smallest absolute Gasteiger partial charge is 0.259 e. The second-order valence-electron chi connectivity index (χ2n) is 6.48. The summed E-state index contributed by atoms with van der Waals surface area (Å²) >= 11 is 3.39. The zero-order valence-electron chi connectivity index (χ0n) is 15.4. The number of carbonyl (C=O) groups is 1. The minimum absolute atomic E-state index is 0.231. The number of halogens is 1. The van der Waals surface area contributed by atoms with Crippen molar-refractivity contribution in [1.82, 2.24) is 9.97 Å². The number of hydrogen-bond donors (Lipinski definition) is 2. The first-order chi connectivity index (χ1) is 13.5. The molecule has 0 aliphatic carbocycles. The van der Waals surface area contributed by atoms with E-state index in [1.807, 2.05) is 42.5 Å².